The number of rotatable bonds is 2. The summed E-state index contributed by atoms with van der Waals surface area (Å²) >= 11 is 0. The highest BCUT2D eigenvalue weighted by atomic mass is 31.1. The van der Waals surface area contributed by atoms with E-state index in [0.717, 1.165) is 0 Å². The minimum Gasteiger partial charge on any atom is -0.378 e. The van der Waals surface area contributed by atoms with Crippen LogP contribution in [0, 0.1) is 0 Å². The molecule has 1 rings (SSSR count). The molecular formula is C16H28NP. The third kappa shape index (κ3) is 3.72. The van der Waals surface area contributed by atoms with Crippen molar-refractivity contribution in [2.75, 3.05) is 19.0 Å². The lowest BCUT2D eigenvalue weighted by molar-refractivity contribution is 0.715. The molecule has 1 nitrogen and oxygen atoms in total. The molecule has 0 N–H and O–H groups in total. The van der Waals surface area contributed by atoms with Crippen LogP contribution in [0.4, 0.5) is 5.69 Å². The number of hydrogen-bond donors (Lipinski definition) is 0. The smallest absolute Gasteiger partial charge is 0.0367 e. The number of benzene rings is 1. The zero-order valence-electron chi connectivity index (χ0n) is 13.2. The first-order valence-corrected chi connectivity index (χ1v) is 7.95. The fourth-order valence-electron chi connectivity index (χ4n) is 2.69. The Balaban J connectivity index is 3.27. The van der Waals surface area contributed by atoms with E-state index in [4.69, 9.17) is 0 Å². The largest absolute Gasteiger partial charge is 0.378 e. The van der Waals surface area contributed by atoms with Crippen LogP contribution in [0.3, 0.4) is 0 Å². The molecule has 1 aromatic carbocycles. The average molecular weight is 265 g/mol. The zero-order chi connectivity index (χ0) is 14.1. The van der Waals surface area contributed by atoms with E-state index >= 15 is 0 Å². The van der Waals surface area contributed by atoms with E-state index in [1.165, 1.54) is 11.0 Å². The van der Waals surface area contributed by atoms with E-state index in [2.05, 4.69) is 84.8 Å². The van der Waals surface area contributed by atoms with Crippen LogP contribution in [0.1, 0.15) is 41.5 Å². The number of nitrogens with zero attached hydrogens (tertiary/aromatic N) is 1. The Morgan fingerprint density at radius 2 is 1.39 bits per heavy atom. The summed E-state index contributed by atoms with van der Waals surface area (Å²) in [6.07, 6.45) is 0. The van der Waals surface area contributed by atoms with Gasteiger partial charge in [0.25, 0.3) is 0 Å². The van der Waals surface area contributed by atoms with Gasteiger partial charge in [0.15, 0.2) is 0 Å². The molecule has 0 aromatic heterocycles. The van der Waals surface area contributed by atoms with Crippen LogP contribution in [0.2, 0.25) is 0 Å². The van der Waals surface area contributed by atoms with Gasteiger partial charge >= 0.3 is 0 Å². The predicted molar refractivity (Wildman–Crippen MR) is 86.8 cm³/mol. The Kier molecular flexibility index (Phi) is 4.49. The highest BCUT2D eigenvalue weighted by molar-refractivity contribution is 7.68. The summed E-state index contributed by atoms with van der Waals surface area (Å²) in [7, 11) is 4.01. The van der Waals surface area contributed by atoms with Gasteiger partial charge in [-0.1, -0.05) is 61.6 Å². The topological polar surface area (TPSA) is 3.24 Å². The van der Waals surface area contributed by atoms with Crippen molar-refractivity contribution in [2.45, 2.75) is 51.9 Å². The van der Waals surface area contributed by atoms with Crippen LogP contribution in [-0.4, -0.2) is 24.4 Å². The highest BCUT2D eigenvalue weighted by Crippen LogP contribution is 2.58. The maximum absolute atomic E-state index is 2.37. The van der Waals surface area contributed by atoms with E-state index < -0.39 is 0 Å². The van der Waals surface area contributed by atoms with Gasteiger partial charge in [-0.15, -0.1) is 0 Å². The molecule has 0 unspecified atom stereocenters. The van der Waals surface area contributed by atoms with E-state index in [1.54, 1.807) is 0 Å². The Morgan fingerprint density at radius 3 is 1.78 bits per heavy atom. The minimum atomic E-state index is -0.206. The quantitative estimate of drug-likeness (QED) is 0.714. The molecule has 0 saturated heterocycles. The molecule has 0 amide bonds. The Bertz CT molecular complexity index is 382. The average Bonchev–Trinajstić information content (AvgIpc) is 2.13. The lowest BCUT2D eigenvalue weighted by atomic mass is 10.2. The van der Waals surface area contributed by atoms with Gasteiger partial charge in [0.05, 0.1) is 0 Å². The molecule has 0 fully saturated rings. The number of anilines is 1. The van der Waals surface area contributed by atoms with Crippen molar-refractivity contribution in [1.29, 1.82) is 0 Å². The van der Waals surface area contributed by atoms with Crippen LogP contribution in [-0.2, 0) is 0 Å². The molecule has 1 aromatic rings. The van der Waals surface area contributed by atoms with E-state index in [1.807, 2.05) is 0 Å². The first kappa shape index (κ1) is 15.5. The molecule has 102 valence electrons. The number of hydrogen-bond acceptors (Lipinski definition) is 1. The Labute approximate surface area is 114 Å². The van der Waals surface area contributed by atoms with Gasteiger partial charge in [-0.25, -0.2) is 0 Å². The second kappa shape index (κ2) is 5.21. The van der Waals surface area contributed by atoms with Crippen molar-refractivity contribution in [3.05, 3.63) is 24.3 Å². The lowest BCUT2D eigenvalue weighted by Gasteiger charge is -2.42. The van der Waals surface area contributed by atoms with Gasteiger partial charge in [0, 0.05) is 19.8 Å². The van der Waals surface area contributed by atoms with Crippen molar-refractivity contribution in [3.63, 3.8) is 0 Å². The molecular weight excluding hydrogens is 237 g/mol. The molecule has 0 bridgehead atoms. The van der Waals surface area contributed by atoms with Crippen molar-refractivity contribution >= 4 is 18.9 Å². The normalized spacial score (nSPS) is 12.9. The van der Waals surface area contributed by atoms with Crippen LogP contribution in [0.5, 0.6) is 0 Å². The first-order valence-electron chi connectivity index (χ1n) is 6.61. The molecule has 0 aliphatic carbocycles. The minimum absolute atomic E-state index is 0.206. The standard InChI is InChI=1S/C16H28NP/c1-15(2,3)18(16(4,5)6)14-11-9-10-13(12-14)17(7)8/h9-12H,1-8H3. The fourth-order valence-corrected chi connectivity index (χ4v) is 6.75. The van der Waals surface area contributed by atoms with Crippen LogP contribution in [0.25, 0.3) is 0 Å². The Hall–Kier alpha value is -0.550. The highest BCUT2D eigenvalue weighted by Gasteiger charge is 2.35. The third-order valence-electron chi connectivity index (χ3n) is 2.95. The first-order chi connectivity index (χ1) is 8.03. The summed E-state index contributed by atoms with van der Waals surface area (Å²) in [6, 6.07) is 9.04. The maximum Gasteiger partial charge on any atom is 0.0367 e. The summed E-state index contributed by atoms with van der Waals surface area (Å²) in [5.41, 5.74) is 1.30. The Morgan fingerprint density at radius 1 is 0.889 bits per heavy atom. The molecule has 0 aliphatic heterocycles. The molecule has 0 atom stereocenters. The molecule has 0 saturated carbocycles. The molecule has 0 spiro atoms. The van der Waals surface area contributed by atoms with Gasteiger partial charge in [0.2, 0.25) is 0 Å². The summed E-state index contributed by atoms with van der Waals surface area (Å²) in [5.74, 6) is 0. The van der Waals surface area contributed by atoms with Gasteiger partial charge in [-0.3, -0.25) is 0 Å². The van der Waals surface area contributed by atoms with Crippen LogP contribution in [0.15, 0.2) is 24.3 Å². The maximum atomic E-state index is 2.37. The lowest BCUT2D eigenvalue weighted by Crippen LogP contribution is -2.31. The summed E-state index contributed by atoms with van der Waals surface area (Å²) in [4.78, 5) is 2.18. The third-order valence-corrected chi connectivity index (χ3v) is 6.42. The van der Waals surface area contributed by atoms with E-state index in [0.29, 0.717) is 10.3 Å². The summed E-state index contributed by atoms with van der Waals surface area (Å²) in [5, 5.41) is 2.17. The zero-order valence-corrected chi connectivity index (χ0v) is 14.1. The second-order valence-corrected chi connectivity index (χ2v) is 11.0. The monoisotopic (exact) mass is 265 g/mol. The molecule has 2 heteroatoms. The van der Waals surface area contributed by atoms with Gasteiger partial charge in [-0.2, -0.15) is 0 Å². The van der Waals surface area contributed by atoms with Crippen molar-refractivity contribution < 1.29 is 0 Å². The summed E-state index contributed by atoms with van der Waals surface area (Å²) < 4.78 is 0. The van der Waals surface area contributed by atoms with Gasteiger partial charge in [0.1, 0.15) is 0 Å². The SMILES string of the molecule is CN(C)c1cccc(P(C(C)(C)C)C(C)(C)C)c1. The summed E-state index contributed by atoms with van der Waals surface area (Å²) in [6.45, 7) is 14.2. The molecule has 0 heterocycles. The van der Waals surface area contributed by atoms with Gasteiger partial charge < -0.3 is 4.90 Å². The van der Waals surface area contributed by atoms with Crippen molar-refractivity contribution in [3.8, 4) is 0 Å². The van der Waals surface area contributed by atoms with Crippen molar-refractivity contribution in [2.24, 2.45) is 0 Å². The fraction of sp³-hybridized carbons (Fsp3) is 0.625. The second-order valence-electron chi connectivity index (χ2n) is 7.09. The predicted octanol–water partition coefficient (Wildman–Crippen LogP) is 4.46. The molecule has 0 radical (unpaired) electrons. The van der Waals surface area contributed by atoms with Crippen LogP contribution < -0.4 is 10.2 Å². The van der Waals surface area contributed by atoms with E-state index in [-0.39, 0.29) is 7.92 Å². The van der Waals surface area contributed by atoms with Crippen molar-refractivity contribution in [1.82, 2.24) is 0 Å². The van der Waals surface area contributed by atoms with Gasteiger partial charge in [-0.05, 0) is 27.7 Å². The molecule has 0 aliphatic rings. The van der Waals surface area contributed by atoms with Crippen LogP contribution >= 0.6 is 7.92 Å². The van der Waals surface area contributed by atoms with E-state index in [9.17, 15) is 0 Å². The molecule has 18 heavy (non-hydrogen) atoms.